The molecule has 5 aromatic rings. The fourth-order valence-corrected chi connectivity index (χ4v) is 4.86. The first-order valence-electron chi connectivity index (χ1n) is 13.1. The van der Waals surface area contributed by atoms with Gasteiger partial charge in [-0.1, -0.05) is 57.2 Å². The van der Waals surface area contributed by atoms with Gasteiger partial charge in [-0.05, 0) is 79.3 Å². The molecule has 4 heteroatoms. The Balaban J connectivity index is 1.45. The van der Waals surface area contributed by atoms with Gasteiger partial charge in [0, 0.05) is 34.7 Å². The maximum atomic E-state index is 5.46. The van der Waals surface area contributed by atoms with E-state index in [1.165, 1.54) is 16.7 Å². The van der Waals surface area contributed by atoms with Crippen molar-refractivity contribution in [2.45, 2.75) is 52.5 Å². The highest BCUT2D eigenvalue weighted by atomic mass is 16.3. The van der Waals surface area contributed by atoms with Crippen molar-refractivity contribution in [3.8, 4) is 11.1 Å². The second-order valence-corrected chi connectivity index (χ2v) is 11.7. The van der Waals surface area contributed by atoms with E-state index < -0.39 is 0 Å². The van der Waals surface area contributed by atoms with Crippen molar-refractivity contribution in [3.63, 3.8) is 0 Å². The molecule has 2 heterocycles. The Bertz CT molecular complexity index is 1450. The predicted molar refractivity (Wildman–Crippen MR) is 158 cm³/mol. The van der Waals surface area contributed by atoms with Crippen LogP contribution in [-0.2, 0) is 5.41 Å². The minimum absolute atomic E-state index is 0.0638. The van der Waals surface area contributed by atoms with Gasteiger partial charge in [0.1, 0.15) is 12.5 Å². The summed E-state index contributed by atoms with van der Waals surface area (Å²) in [6.07, 6.45) is 7.02. The summed E-state index contributed by atoms with van der Waals surface area (Å²) in [4.78, 5) is 4.52. The van der Waals surface area contributed by atoms with Crippen LogP contribution in [0.15, 0.2) is 119 Å². The van der Waals surface area contributed by atoms with Crippen LogP contribution >= 0.6 is 0 Å². The molecule has 0 amide bonds. The standard InChI is InChI=1S/C34H36N2O2/c1-33(2,3)27-8-7-9-30(22-27)35(31-18-20-37-23-31)28-14-10-25(11-15-28)26-12-16-29(17-13-26)36(34(4,5)6)32-19-21-38-24-32/h7-24H,1-6H3. The summed E-state index contributed by atoms with van der Waals surface area (Å²) in [6, 6.07) is 30.2. The van der Waals surface area contributed by atoms with Crippen LogP contribution in [0.3, 0.4) is 0 Å². The van der Waals surface area contributed by atoms with E-state index in [4.69, 9.17) is 8.83 Å². The topological polar surface area (TPSA) is 32.8 Å². The van der Waals surface area contributed by atoms with Crippen LogP contribution in [-0.4, -0.2) is 5.54 Å². The lowest BCUT2D eigenvalue weighted by atomic mass is 9.87. The quantitative estimate of drug-likeness (QED) is 0.230. The molecule has 0 N–H and O–H groups in total. The summed E-state index contributed by atoms with van der Waals surface area (Å²) >= 11 is 0. The van der Waals surface area contributed by atoms with Gasteiger partial charge in [0.25, 0.3) is 0 Å². The largest absolute Gasteiger partial charge is 0.470 e. The predicted octanol–water partition coefficient (Wildman–Crippen LogP) is 10.2. The van der Waals surface area contributed by atoms with Crippen LogP contribution in [0.2, 0.25) is 0 Å². The molecule has 4 nitrogen and oxygen atoms in total. The van der Waals surface area contributed by atoms with E-state index in [1.54, 1.807) is 25.1 Å². The van der Waals surface area contributed by atoms with E-state index in [-0.39, 0.29) is 11.0 Å². The van der Waals surface area contributed by atoms with E-state index in [0.29, 0.717) is 0 Å². The molecule has 0 saturated heterocycles. The lowest BCUT2D eigenvalue weighted by molar-refractivity contribution is 0.544. The van der Waals surface area contributed by atoms with Gasteiger partial charge in [0.15, 0.2) is 0 Å². The summed E-state index contributed by atoms with van der Waals surface area (Å²) in [5.41, 5.74) is 8.96. The van der Waals surface area contributed by atoms with E-state index >= 15 is 0 Å². The van der Waals surface area contributed by atoms with Crippen LogP contribution in [0.4, 0.5) is 28.4 Å². The molecular formula is C34H36N2O2. The summed E-state index contributed by atoms with van der Waals surface area (Å²) in [5, 5.41) is 0. The van der Waals surface area contributed by atoms with Crippen LogP contribution < -0.4 is 9.80 Å². The van der Waals surface area contributed by atoms with E-state index in [0.717, 1.165) is 28.4 Å². The van der Waals surface area contributed by atoms with Gasteiger partial charge >= 0.3 is 0 Å². The smallest absolute Gasteiger partial charge is 0.114 e. The van der Waals surface area contributed by atoms with Gasteiger partial charge in [-0.25, -0.2) is 0 Å². The Morgan fingerprint density at radius 3 is 1.58 bits per heavy atom. The number of hydrogen-bond donors (Lipinski definition) is 0. The fourth-order valence-electron chi connectivity index (χ4n) is 4.86. The Morgan fingerprint density at radius 1 is 0.526 bits per heavy atom. The molecule has 0 bridgehead atoms. The molecule has 5 rings (SSSR count). The summed E-state index contributed by atoms with van der Waals surface area (Å²) in [5.74, 6) is 0. The molecule has 0 saturated carbocycles. The lowest BCUT2D eigenvalue weighted by Gasteiger charge is -2.36. The number of furan rings is 2. The van der Waals surface area contributed by atoms with Gasteiger partial charge in [-0.2, -0.15) is 0 Å². The lowest BCUT2D eigenvalue weighted by Crippen LogP contribution is -2.37. The SMILES string of the molecule is CC(C)(C)c1cccc(N(c2ccc(-c3ccc(N(c4ccoc4)C(C)(C)C)cc3)cc2)c2ccoc2)c1. The summed E-state index contributed by atoms with van der Waals surface area (Å²) in [6.45, 7) is 13.3. The maximum Gasteiger partial charge on any atom is 0.114 e. The third-order valence-corrected chi connectivity index (χ3v) is 6.75. The number of anilines is 5. The van der Waals surface area contributed by atoms with Gasteiger partial charge < -0.3 is 18.6 Å². The average molecular weight is 505 g/mol. The van der Waals surface area contributed by atoms with Crippen molar-refractivity contribution in [1.29, 1.82) is 0 Å². The number of rotatable bonds is 6. The van der Waals surface area contributed by atoms with Crippen LogP contribution in [0.1, 0.15) is 47.1 Å². The molecule has 0 aliphatic rings. The molecule has 0 atom stereocenters. The third-order valence-electron chi connectivity index (χ3n) is 6.75. The molecule has 0 radical (unpaired) electrons. The summed E-state index contributed by atoms with van der Waals surface area (Å²) in [7, 11) is 0. The van der Waals surface area contributed by atoms with Crippen molar-refractivity contribution < 1.29 is 8.83 Å². The van der Waals surface area contributed by atoms with E-state index in [2.05, 4.69) is 124 Å². The highest BCUT2D eigenvalue weighted by molar-refractivity contribution is 5.78. The zero-order valence-electron chi connectivity index (χ0n) is 23.1. The minimum atomic E-state index is -0.0894. The molecule has 0 fully saturated rings. The third kappa shape index (κ3) is 5.26. The molecule has 0 aliphatic heterocycles. The highest BCUT2D eigenvalue weighted by Crippen LogP contribution is 2.38. The average Bonchev–Trinajstić information content (AvgIpc) is 3.60. The Labute approximate surface area is 226 Å². The van der Waals surface area contributed by atoms with Gasteiger partial charge in [-0.15, -0.1) is 0 Å². The first-order chi connectivity index (χ1) is 18.1. The molecule has 0 aliphatic carbocycles. The van der Waals surface area contributed by atoms with Gasteiger partial charge in [0.2, 0.25) is 0 Å². The van der Waals surface area contributed by atoms with Crippen molar-refractivity contribution in [3.05, 3.63) is 116 Å². The first kappa shape index (κ1) is 25.5. The van der Waals surface area contributed by atoms with Crippen molar-refractivity contribution in [2.24, 2.45) is 0 Å². The molecule has 3 aromatic carbocycles. The normalized spacial score (nSPS) is 11.9. The highest BCUT2D eigenvalue weighted by Gasteiger charge is 2.24. The molecule has 2 aromatic heterocycles. The van der Waals surface area contributed by atoms with Crippen molar-refractivity contribution in [2.75, 3.05) is 9.80 Å². The van der Waals surface area contributed by atoms with Crippen LogP contribution in [0, 0.1) is 0 Å². The first-order valence-corrected chi connectivity index (χ1v) is 13.1. The fraction of sp³-hybridized carbons (Fsp3) is 0.235. The van der Waals surface area contributed by atoms with Gasteiger partial charge in [0.05, 0.1) is 23.9 Å². The van der Waals surface area contributed by atoms with Gasteiger partial charge in [-0.3, -0.25) is 0 Å². The Morgan fingerprint density at radius 2 is 1.08 bits per heavy atom. The molecule has 0 spiro atoms. The Kier molecular flexibility index (Phi) is 6.66. The van der Waals surface area contributed by atoms with Crippen molar-refractivity contribution in [1.82, 2.24) is 0 Å². The molecule has 38 heavy (non-hydrogen) atoms. The summed E-state index contributed by atoms with van der Waals surface area (Å²) < 4.78 is 10.8. The van der Waals surface area contributed by atoms with E-state index in [9.17, 15) is 0 Å². The molecule has 194 valence electrons. The second-order valence-electron chi connectivity index (χ2n) is 11.7. The monoisotopic (exact) mass is 504 g/mol. The maximum absolute atomic E-state index is 5.46. The van der Waals surface area contributed by atoms with Crippen LogP contribution in [0.5, 0.6) is 0 Å². The van der Waals surface area contributed by atoms with E-state index in [1.807, 2.05) is 12.1 Å². The zero-order valence-corrected chi connectivity index (χ0v) is 23.1. The second kappa shape index (κ2) is 9.94. The van der Waals surface area contributed by atoms with Crippen LogP contribution in [0.25, 0.3) is 11.1 Å². The number of hydrogen-bond acceptors (Lipinski definition) is 4. The number of nitrogens with zero attached hydrogens (tertiary/aromatic N) is 2. The zero-order chi connectivity index (χ0) is 26.9. The number of benzene rings is 3. The molecule has 0 unspecified atom stereocenters. The molecular weight excluding hydrogens is 468 g/mol. The minimum Gasteiger partial charge on any atom is -0.470 e. The Hall–Kier alpha value is -4.18. The van der Waals surface area contributed by atoms with Crippen molar-refractivity contribution >= 4 is 28.4 Å².